The maximum atomic E-state index is 11.5. The second kappa shape index (κ2) is 6.86. The van der Waals surface area contributed by atoms with Crippen molar-refractivity contribution in [2.45, 2.75) is 26.5 Å². The summed E-state index contributed by atoms with van der Waals surface area (Å²) in [4.78, 5) is 11.5. The second-order valence-electron chi connectivity index (χ2n) is 4.77. The molecule has 0 unspecified atom stereocenters. The standard InChI is InChI=1S/C15H19N3O2/c1-12(2)20-11-15(19)16-8-13-9-17-18(10-13)14-6-4-3-5-7-14/h3-7,9-10,12H,8,11H2,1-2H3,(H,16,19). The Kier molecular flexibility index (Phi) is 4.90. The Hall–Kier alpha value is -2.14. The van der Waals surface area contributed by atoms with Gasteiger partial charge in [-0.1, -0.05) is 18.2 Å². The predicted octanol–water partition coefficient (Wildman–Crippen LogP) is 1.91. The molecule has 0 bridgehead atoms. The number of amides is 1. The van der Waals surface area contributed by atoms with Crippen molar-refractivity contribution in [2.24, 2.45) is 0 Å². The number of ether oxygens (including phenoxy) is 1. The molecule has 0 aliphatic heterocycles. The van der Waals surface area contributed by atoms with Crippen LogP contribution in [0.1, 0.15) is 19.4 Å². The first-order valence-electron chi connectivity index (χ1n) is 6.62. The third kappa shape index (κ3) is 4.20. The molecule has 106 valence electrons. The van der Waals surface area contributed by atoms with Crippen LogP contribution in [0.3, 0.4) is 0 Å². The van der Waals surface area contributed by atoms with E-state index in [2.05, 4.69) is 10.4 Å². The van der Waals surface area contributed by atoms with Gasteiger partial charge >= 0.3 is 0 Å². The van der Waals surface area contributed by atoms with Gasteiger partial charge in [0.2, 0.25) is 5.91 Å². The highest BCUT2D eigenvalue weighted by Crippen LogP contribution is 2.07. The first-order valence-corrected chi connectivity index (χ1v) is 6.62. The number of nitrogens with zero attached hydrogens (tertiary/aromatic N) is 2. The summed E-state index contributed by atoms with van der Waals surface area (Å²) in [6.07, 6.45) is 3.71. The Morgan fingerprint density at radius 1 is 1.35 bits per heavy atom. The smallest absolute Gasteiger partial charge is 0.246 e. The maximum Gasteiger partial charge on any atom is 0.246 e. The van der Waals surface area contributed by atoms with Gasteiger partial charge in [0, 0.05) is 18.3 Å². The zero-order valence-electron chi connectivity index (χ0n) is 11.7. The zero-order valence-corrected chi connectivity index (χ0v) is 11.7. The topological polar surface area (TPSA) is 56.1 Å². The van der Waals surface area contributed by atoms with E-state index in [1.54, 1.807) is 10.9 Å². The highest BCUT2D eigenvalue weighted by atomic mass is 16.5. The van der Waals surface area contributed by atoms with Crippen LogP contribution in [0.25, 0.3) is 5.69 Å². The van der Waals surface area contributed by atoms with Crippen LogP contribution >= 0.6 is 0 Å². The average molecular weight is 273 g/mol. The van der Waals surface area contributed by atoms with Gasteiger partial charge in [0.15, 0.2) is 0 Å². The fourth-order valence-electron chi connectivity index (χ4n) is 1.67. The number of rotatable bonds is 6. The van der Waals surface area contributed by atoms with Crippen LogP contribution in [-0.2, 0) is 16.1 Å². The molecule has 1 aromatic carbocycles. The molecule has 1 aromatic heterocycles. The Bertz CT molecular complexity index is 549. The van der Waals surface area contributed by atoms with Gasteiger partial charge in [-0.25, -0.2) is 4.68 Å². The summed E-state index contributed by atoms with van der Waals surface area (Å²) < 4.78 is 7.02. The van der Waals surface area contributed by atoms with Gasteiger partial charge in [-0.3, -0.25) is 4.79 Å². The van der Waals surface area contributed by atoms with Crippen molar-refractivity contribution in [2.75, 3.05) is 6.61 Å². The van der Waals surface area contributed by atoms with Crippen molar-refractivity contribution in [3.63, 3.8) is 0 Å². The number of hydrogen-bond donors (Lipinski definition) is 1. The van der Waals surface area contributed by atoms with E-state index in [-0.39, 0.29) is 18.6 Å². The third-order valence-corrected chi connectivity index (χ3v) is 2.69. The largest absolute Gasteiger partial charge is 0.369 e. The molecule has 5 nitrogen and oxygen atoms in total. The van der Waals surface area contributed by atoms with E-state index >= 15 is 0 Å². The Morgan fingerprint density at radius 2 is 2.10 bits per heavy atom. The van der Waals surface area contributed by atoms with Crippen molar-refractivity contribution in [1.82, 2.24) is 15.1 Å². The molecule has 0 spiro atoms. The molecule has 0 aliphatic rings. The third-order valence-electron chi connectivity index (χ3n) is 2.69. The maximum absolute atomic E-state index is 11.5. The molecule has 5 heteroatoms. The molecule has 1 amide bonds. The highest BCUT2D eigenvalue weighted by Gasteiger charge is 2.05. The number of para-hydroxylation sites is 1. The van der Waals surface area contributed by atoms with Crippen molar-refractivity contribution in [3.8, 4) is 5.69 Å². The van der Waals surface area contributed by atoms with Crippen LogP contribution in [-0.4, -0.2) is 28.4 Å². The molecule has 0 fully saturated rings. The molecule has 0 saturated carbocycles. The van der Waals surface area contributed by atoms with E-state index < -0.39 is 0 Å². The lowest BCUT2D eigenvalue weighted by atomic mass is 10.3. The van der Waals surface area contributed by atoms with Gasteiger partial charge < -0.3 is 10.1 Å². The number of benzene rings is 1. The number of carbonyl (C=O) groups excluding carboxylic acids is 1. The van der Waals surface area contributed by atoms with E-state index in [9.17, 15) is 4.79 Å². The molecule has 1 N–H and O–H groups in total. The Morgan fingerprint density at radius 3 is 2.80 bits per heavy atom. The highest BCUT2D eigenvalue weighted by molar-refractivity contribution is 5.77. The Labute approximate surface area is 118 Å². The summed E-state index contributed by atoms with van der Waals surface area (Å²) in [5, 5.41) is 7.07. The molecule has 0 aliphatic carbocycles. The van der Waals surface area contributed by atoms with Gasteiger partial charge in [-0.2, -0.15) is 5.10 Å². The SMILES string of the molecule is CC(C)OCC(=O)NCc1cnn(-c2ccccc2)c1. The molecule has 20 heavy (non-hydrogen) atoms. The minimum Gasteiger partial charge on any atom is -0.369 e. The fourth-order valence-corrected chi connectivity index (χ4v) is 1.67. The molecular formula is C15H19N3O2. The summed E-state index contributed by atoms with van der Waals surface area (Å²) >= 11 is 0. The van der Waals surface area contributed by atoms with Gasteiger partial charge in [-0.05, 0) is 26.0 Å². The molecule has 0 radical (unpaired) electrons. The molecule has 2 aromatic rings. The normalized spacial score (nSPS) is 10.8. The van der Waals surface area contributed by atoms with E-state index in [4.69, 9.17) is 4.74 Å². The van der Waals surface area contributed by atoms with Crippen molar-refractivity contribution < 1.29 is 9.53 Å². The summed E-state index contributed by atoms with van der Waals surface area (Å²) in [7, 11) is 0. The summed E-state index contributed by atoms with van der Waals surface area (Å²) in [6, 6.07) is 9.84. The number of carbonyl (C=O) groups is 1. The number of aromatic nitrogens is 2. The number of hydrogen-bond acceptors (Lipinski definition) is 3. The van der Waals surface area contributed by atoms with Crippen LogP contribution in [0.5, 0.6) is 0 Å². The van der Waals surface area contributed by atoms with Crippen molar-refractivity contribution in [3.05, 3.63) is 48.3 Å². The van der Waals surface area contributed by atoms with E-state index in [1.807, 2.05) is 50.4 Å². The quantitative estimate of drug-likeness (QED) is 0.874. The molecule has 0 atom stereocenters. The lowest BCUT2D eigenvalue weighted by molar-refractivity contribution is -0.127. The second-order valence-corrected chi connectivity index (χ2v) is 4.77. The van der Waals surface area contributed by atoms with Crippen LogP contribution in [0.2, 0.25) is 0 Å². The minimum absolute atomic E-state index is 0.0570. The molecule has 2 rings (SSSR count). The zero-order chi connectivity index (χ0) is 14.4. The van der Waals surface area contributed by atoms with Crippen LogP contribution in [0.15, 0.2) is 42.7 Å². The summed E-state index contributed by atoms with van der Waals surface area (Å²) in [5.41, 5.74) is 1.94. The van der Waals surface area contributed by atoms with Crippen molar-refractivity contribution in [1.29, 1.82) is 0 Å². The fraction of sp³-hybridized carbons (Fsp3) is 0.333. The van der Waals surface area contributed by atoms with Crippen LogP contribution < -0.4 is 5.32 Å². The Balaban J connectivity index is 1.86. The van der Waals surface area contributed by atoms with Crippen LogP contribution in [0, 0.1) is 0 Å². The van der Waals surface area contributed by atoms with Gasteiger partial charge in [0.25, 0.3) is 0 Å². The number of nitrogens with one attached hydrogen (secondary N) is 1. The lowest BCUT2D eigenvalue weighted by Crippen LogP contribution is -2.28. The molecular weight excluding hydrogens is 254 g/mol. The monoisotopic (exact) mass is 273 g/mol. The average Bonchev–Trinajstić information content (AvgIpc) is 2.93. The minimum atomic E-state index is -0.119. The summed E-state index contributed by atoms with van der Waals surface area (Å²) in [6.45, 7) is 4.34. The molecule has 0 saturated heterocycles. The summed E-state index contributed by atoms with van der Waals surface area (Å²) in [5.74, 6) is -0.119. The van der Waals surface area contributed by atoms with Gasteiger partial charge in [0.05, 0.1) is 18.0 Å². The first-order chi connectivity index (χ1) is 9.65. The van der Waals surface area contributed by atoms with E-state index in [0.29, 0.717) is 6.54 Å². The lowest BCUT2D eigenvalue weighted by Gasteiger charge is -2.07. The van der Waals surface area contributed by atoms with E-state index in [1.165, 1.54) is 0 Å². The van der Waals surface area contributed by atoms with Crippen LogP contribution in [0.4, 0.5) is 0 Å². The first kappa shape index (κ1) is 14.3. The van der Waals surface area contributed by atoms with E-state index in [0.717, 1.165) is 11.3 Å². The van der Waals surface area contributed by atoms with Crippen molar-refractivity contribution >= 4 is 5.91 Å². The van der Waals surface area contributed by atoms with Gasteiger partial charge in [-0.15, -0.1) is 0 Å². The van der Waals surface area contributed by atoms with Gasteiger partial charge in [0.1, 0.15) is 6.61 Å². The predicted molar refractivity (Wildman–Crippen MR) is 76.5 cm³/mol. The molecule has 1 heterocycles.